The van der Waals surface area contributed by atoms with Crippen LogP contribution in [0.2, 0.25) is 0 Å². The molecule has 1 aliphatic rings. The Balaban J connectivity index is 1.56. The maximum atomic E-state index is 10.9. The molecule has 0 unspecified atom stereocenters. The SMILES string of the molecule is C[C@H]1C[C@H]1c1ccc(/C=N\NC(=S)Nc2ccccc2[N+](=O)[O-])o1. The highest BCUT2D eigenvalue weighted by atomic mass is 32.1. The van der Waals surface area contributed by atoms with Crippen LogP contribution in [0.15, 0.2) is 45.9 Å². The fourth-order valence-electron chi connectivity index (χ4n) is 2.40. The predicted octanol–water partition coefficient (Wildman–Crippen LogP) is 3.63. The standard InChI is InChI=1S/C16H16N4O3S/c1-10-8-12(10)15-7-6-11(23-15)9-17-19-16(24)18-13-4-2-3-5-14(13)20(21)22/h2-7,9-10,12H,8H2,1H3,(H2,18,19,24)/b17-9-/t10-,12+/m0/s1. The predicted molar refractivity (Wildman–Crippen MR) is 95.3 cm³/mol. The van der Waals surface area contributed by atoms with E-state index in [4.69, 9.17) is 16.6 Å². The molecule has 8 heteroatoms. The van der Waals surface area contributed by atoms with Gasteiger partial charge in [0.2, 0.25) is 0 Å². The van der Waals surface area contributed by atoms with Crippen molar-refractivity contribution in [2.24, 2.45) is 11.0 Å². The van der Waals surface area contributed by atoms with E-state index in [1.165, 1.54) is 12.3 Å². The molecule has 2 N–H and O–H groups in total. The van der Waals surface area contributed by atoms with E-state index in [0.717, 1.165) is 12.2 Å². The van der Waals surface area contributed by atoms with Gasteiger partial charge in [-0.25, -0.2) is 0 Å². The van der Waals surface area contributed by atoms with Gasteiger partial charge in [-0.3, -0.25) is 15.5 Å². The highest BCUT2D eigenvalue weighted by Crippen LogP contribution is 2.47. The van der Waals surface area contributed by atoms with Crippen molar-refractivity contribution in [3.05, 3.63) is 58.0 Å². The van der Waals surface area contributed by atoms with Crippen LogP contribution >= 0.6 is 12.2 Å². The summed E-state index contributed by atoms with van der Waals surface area (Å²) in [7, 11) is 0. The smallest absolute Gasteiger partial charge is 0.292 e. The highest BCUT2D eigenvalue weighted by molar-refractivity contribution is 7.80. The van der Waals surface area contributed by atoms with Crippen molar-refractivity contribution in [3.63, 3.8) is 0 Å². The normalized spacial score (nSPS) is 19.2. The van der Waals surface area contributed by atoms with Gasteiger partial charge >= 0.3 is 0 Å². The van der Waals surface area contributed by atoms with Crippen LogP contribution in [0.3, 0.4) is 0 Å². The molecule has 1 aromatic carbocycles. The van der Waals surface area contributed by atoms with Gasteiger partial charge in [0.05, 0.1) is 11.1 Å². The van der Waals surface area contributed by atoms with E-state index >= 15 is 0 Å². The average molecular weight is 344 g/mol. The van der Waals surface area contributed by atoms with Gasteiger partial charge in [-0.15, -0.1) is 0 Å². The number of rotatable bonds is 5. The maximum Gasteiger partial charge on any atom is 0.292 e. The molecule has 124 valence electrons. The average Bonchev–Trinajstić information content (AvgIpc) is 3.09. The van der Waals surface area contributed by atoms with Gasteiger partial charge in [0.1, 0.15) is 17.2 Å². The molecule has 0 amide bonds. The first kappa shape index (κ1) is 16.1. The molecule has 0 bridgehead atoms. The quantitative estimate of drug-likeness (QED) is 0.372. The minimum Gasteiger partial charge on any atom is -0.460 e. The number of thiocarbonyl (C=S) groups is 1. The molecule has 24 heavy (non-hydrogen) atoms. The molecule has 1 aliphatic carbocycles. The van der Waals surface area contributed by atoms with Crippen molar-refractivity contribution in [1.82, 2.24) is 5.43 Å². The molecule has 2 atom stereocenters. The third-order valence-corrected chi connectivity index (χ3v) is 4.02. The lowest BCUT2D eigenvalue weighted by Crippen LogP contribution is -2.24. The summed E-state index contributed by atoms with van der Waals surface area (Å²) in [5.41, 5.74) is 2.86. The molecule has 0 saturated heterocycles. The second-order valence-corrected chi connectivity index (χ2v) is 6.07. The first-order chi connectivity index (χ1) is 11.5. The van der Waals surface area contributed by atoms with Crippen LogP contribution < -0.4 is 10.7 Å². The number of benzene rings is 1. The number of hydrogen-bond acceptors (Lipinski definition) is 5. The Kier molecular flexibility index (Phi) is 4.57. The fourth-order valence-corrected chi connectivity index (χ4v) is 2.56. The molecule has 1 heterocycles. The van der Waals surface area contributed by atoms with Crippen molar-refractivity contribution in [1.29, 1.82) is 0 Å². The van der Waals surface area contributed by atoms with Crippen molar-refractivity contribution in [2.45, 2.75) is 19.3 Å². The Labute approximate surface area is 143 Å². The Morgan fingerprint density at radius 1 is 1.42 bits per heavy atom. The summed E-state index contributed by atoms with van der Waals surface area (Å²) in [5, 5.41) is 17.8. The number of anilines is 1. The lowest BCUT2D eigenvalue weighted by molar-refractivity contribution is -0.383. The van der Waals surface area contributed by atoms with Gasteiger partial charge in [-0.1, -0.05) is 19.1 Å². The van der Waals surface area contributed by atoms with Gasteiger partial charge in [0.15, 0.2) is 5.11 Å². The number of furan rings is 1. The fraction of sp³-hybridized carbons (Fsp3) is 0.250. The summed E-state index contributed by atoms with van der Waals surface area (Å²) in [4.78, 5) is 10.5. The second-order valence-electron chi connectivity index (χ2n) is 5.66. The lowest BCUT2D eigenvalue weighted by atomic mass is 10.3. The summed E-state index contributed by atoms with van der Waals surface area (Å²) in [6.07, 6.45) is 2.68. The molecule has 1 fully saturated rings. The Morgan fingerprint density at radius 2 is 2.17 bits per heavy atom. The van der Waals surface area contributed by atoms with Crippen molar-refractivity contribution >= 4 is 34.9 Å². The molecule has 7 nitrogen and oxygen atoms in total. The number of hydrazone groups is 1. The molecule has 0 radical (unpaired) electrons. The number of nitro benzene ring substituents is 1. The minimum absolute atomic E-state index is 0.0557. The first-order valence-electron chi connectivity index (χ1n) is 7.48. The van der Waals surface area contributed by atoms with Crippen LogP contribution in [-0.4, -0.2) is 16.3 Å². The van der Waals surface area contributed by atoms with Gasteiger partial charge in [-0.2, -0.15) is 5.10 Å². The van der Waals surface area contributed by atoms with Crippen LogP contribution in [0.1, 0.15) is 30.8 Å². The summed E-state index contributed by atoms with van der Waals surface area (Å²) < 4.78 is 5.69. The van der Waals surface area contributed by atoms with E-state index in [1.807, 2.05) is 12.1 Å². The Bertz CT molecular complexity index is 802. The molecule has 1 saturated carbocycles. The summed E-state index contributed by atoms with van der Waals surface area (Å²) >= 11 is 5.08. The van der Waals surface area contributed by atoms with Crippen LogP contribution in [0.25, 0.3) is 0 Å². The zero-order valence-electron chi connectivity index (χ0n) is 12.9. The van der Waals surface area contributed by atoms with E-state index in [2.05, 4.69) is 22.8 Å². The van der Waals surface area contributed by atoms with Crippen LogP contribution in [0.5, 0.6) is 0 Å². The monoisotopic (exact) mass is 344 g/mol. The molecule has 1 aromatic heterocycles. The van der Waals surface area contributed by atoms with E-state index < -0.39 is 4.92 Å². The maximum absolute atomic E-state index is 10.9. The largest absolute Gasteiger partial charge is 0.460 e. The van der Waals surface area contributed by atoms with Crippen molar-refractivity contribution in [2.75, 3.05) is 5.32 Å². The van der Waals surface area contributed by atoms with Crippen molar-refractivity contribution < 1.29 is 9.34 Å². The zero-order chi connectivity index (χ0) is 17.1. The van der Waals surface area contributed by atoms with Gasteiger partial charge in [0, 0.05) is 12.0 Å². The number of para-hydroxylation sites is 2. The van der Waals surface area contributed by atoms with Crippen LogP contribution in [-0.2, 0) is 0 Å². The molecule has 0 spiro atoms. The first-order valence-corrected chi connectivity index (χ1v) is 7.88. The van der Waals surface area contributed by atoms with Crippen LogP contribution in [0, 0.1) is 16.0 Å². The van der Waals surface area contributed by atoms with Crippen LogP contribution in [0.4, 0.5) is 11.4 Å². The number of nitro groups is 1. The van der Waals surface area contributed by atoms with Gasteiger partial charge in [0.25, 0.3) is 5.69 Å². The van der Waals surface area contributed by atoms with E-state index in [1.54, 1.807) is 18.2 Å². The molecule has 2 aromatic rings. The summed E-state index contributed by atoms with van der Waals surface area (Å²) in [6, 6.07) is 10.1. The van der Waals surface area contributed by atoms with Gasteiger partial charge in [-0.05, 0) is 42.8 Å². The molecule has 0 aliphatic heterocycles. The van der Waals surface area contributed by atoms with E-state index in [9.17, 15) is 10.1 Å². The number of nitrogens with zero attached hydrogens (tertiary/aromatic N) is 2. The van der Waals surface area contributed by atoms with E-state index in [0.29, 0.717) is 23.3 Å². The number of hydrogen-bond donors (Lipinski definition) is 2. The third-order valence-electron chi connectivity index (χ3n) is 3.83. The molecular formula is C16H16N4O3S. The zero-order valence-corrected chi connectivity index (χ0v) is 13.7. The van der Waals surface area contributed by atoms with Gasteiger partial charge < -0.3 is 9.73 Å². The Morgan fingerprint density at radius 3 is 2.88 bits per heavy atom. The van der Waals surface area contributed by atoms with E-state index in [-0.39, 0.29) is 10.8 Å². The topological polar surface area (TPSA) is 92.7 Å². The number of nitrogens with one attached hydrogen (secondary N) is 2. The Hall–Kier alpha value is -2.74. The van der Waals surface area contributed by atoms with Crippen molar-refractivity contribution in [3.8, 4) is 0 Å². The molecule has 3 rings (SSSR count). The lowest BCUT2D eigenvalue weighted by Gasteiger charge is -2.06. The third kappa shape index (κ3) is 3.77. The second kappa shape index (κ2) is 6.79. The summed E-state index contributed by atoms with van der Waals surface area (Å²) in [6.45, 7) is 2.19. The minimum atomic E-state index is -0.475. The molecular weight excluding hydrogens is 328 g/mol. The highest BCUT2D eigenvalue weighted by Gasteiger charge is 2.36. The summed E-state index contributed by atoms with van der Waals surface area (Å²) in [5.74, 6) is 2.80.